The van der Waals surface area contributed by atoms with E-state index in [0.29, 0.717) is 5.91 Å². The van der Waals surface area contributed by atoms with Crippen LogP contribution in [0.2, 0.25) is 0 Å². The molecule has 104 valence electrons. The van der Waals surface area contributed by atoms with Crippen LogP contribution in [0.1, 0.15) is 32.6 Å². The number of hydrogen-bond acceptors (Lipinski definition) is 3. The van der Waals surface area contributed by atoms with Crippen LogP contribution < -0.4 is 5.32 Å². The first kappa shape index (κ1) is 13.8. The summed E-state index contributed by atoms with van der Waals surface area (Å²) < 4.78 is 0. The highest BCUT2D eigenvalue weighted by atomic mass is 16.2. The van der Waals surface area contributed by atoms with Gasteiger partial charge in [-0.3, -0.25) is 9.69 Å². The summed E-state index contributed by atoms with van der Waals surface area (Å²) in [6, 6.07) is 0.0312. The van der Waals surface area contributed by atoms with Crippen LogP contribution in [0, 0.1) is 5.92 Å². The van der Waals surface area contributed by atoms with Crippen molar-refractivity contribution in [3.05, 3.63) is 0 Å². The third-order valence-corrected chi connectivity index (χ3v) is 4.47. The summed E-state index contributed by atoms with van der Waals surface area (Å²) >= 11 is 0. The lowest BCUT2D eigenvalue weighted by Gasteiger charge is -2.34. The number of nitrogens with zero attached hydrogens (tertiary/aromatic N) is 2. The standard InChI is InChI=1S/C14H27N3O/c1-12(14(18)17-9-7-15-8-10-17)16(2)11-13-5-3-4-6-13/h12-13,15H,3-11H2,1-2H3. The second-order valence-corrected chi connectivity index (χ2v) is 5.84. The molecule has 4 heteroatoms. The molecule has 18 heavy (non-hydrogen) atoms. The molecule has 0 aromatic rings. The number of likely N-dealkylation sites (N-methyl/N-ethyl adjacent to an activating group) is 1. The zero-order valence-electron chi connectivity index (χ0n) is 11.8. The van der Waals surface area contributed by atoms with Gasteiger partial charge in [0.15, 0.2) is 0 Å². The lowest BCUT2D eigenvalue weighted by Crippen LogP contribution is -2.52. The van der Waals surface area contributed by atoms with Gasteiger partial charge >= 0.3 is 0 Å². The number of amides is 1. The van der Waals surface area contributed by atoms with Gasteiger partial charge in [0.2, 0.25) is 5.91 Å². The van der Waals surface area contributed by atoms with Crippen molar-refractivity contribution < 1.29 is 4.79 Å². The highest BCUT2D eigenvalue weighted by molar-refractivity contribution is 5.81. The first-order chi connectivity index (χ1) is 8.68. The molecule has 1 N–H and O–H groups in total. The predicted octanol–water partition coefficient (Wildman–Crippen LogP) is 0.929. The molecule has 2 fully saturated rings. The van der Waals surface area contributed by atoms with Crippen LogP contribution in [0.25, 0.3) is 0 Å². The van der Waals surface area contributed by atoms with Crippen LogP contribution in [0.5, 0.6) is 0 Å². The third kappa shape index (κ3) is 3.45. The molecule has 0 spiro atoms. The smallest absolute Gasteiger partial charge is 0.239 e. The summed E-state index contributed by atoms with van der Waals surface area (Å²) in [6.45, 7) is 6.73. The molecule has 2 rings (SSSR count). The van der Waals surface area contributed by atoms with E-state index >= 15 is 0 Å². The van der Waals surface area contributed by atoms with Crippen LogP contribution in [0.15, 0.2) is 0 Å². The van der Waals surface area contributed by atoms with Crippen LogP contribution >= 0.6 is 0 Å². The molecule has 0 bridgehead atoms. The second kappa shape index (κ2) is 6.53. The zero-order chi connectivity index (χ0) is 13.0. The van der Waals surface area contributed by atoms with E-state index in [2.05, 4.69) is 24.2 Å². The van der Waals surface area contributed by atoms with Gasteiger partial charge < -0.3 is 10.2 Å². The van der Waals surface area contributed by atoms with Crippen LogP contribution in [-0.2, 0) is 4.79 Å². The maximum atomic E-state index is 12.4. The molecule has 1 amide bonds. The van der Waals surface area contributed by atoms with Crippen molar-refractivity contribution in [2.75, 3.05) is 39.8 Å². The number of nitrogens with one attached hydrogen (secondary N) is 1. The first-order valence-electron chi connectivity index (χ1n) is 7.38. The van der Waals surface area contributed by atoms with Crippen molar-refractivity contribution in [2.45, 2.75) is 38.6 Å². The Morgan fingerprint density at radius 3 is 2.56 bits per heavy atom. The molecule has 0 aromatic heterocycles. The van der Waals surface area contributed by atoms with Crippen molar-refractivity contribution in [1.82, 2.24) is 15.1 Å². The van der Waals surface area contributed by atoms with Gasteiger partial charge in [-0.15, -0.1) is 0 Å². The zero-order valence-corrected chi connectivity index (χ0v) is 11.8. The summed E-state index contributed by atoms with van der Waals surface area (Å²) in [4.78, 5) is 16.6. The van der Waals surface area contributed by atoms with Gasteiger partial charge in [0, 0.05) is 32.7 Å². The van der Waals surface area contributed by atoms with Gasteiger partial charge in [-0.25, -0.2) is 0 Å². The number of hydrogen-bond donors (Lipinski definition) is 1. The van der Waals surface area contributed by atoms with Gasteiger partial charge in [0.05, 0.1) is 6.04 Å². The molecular formula is C14H27N3O. The Hall–Kier alpha value is -0.610. The summed E-state index contributed by atoms with van der Waals surface area (Å²) in [6.07, 6.45) is 5.44. The monoisotopic (exact) mass is 253 g/mol. The number of carbonyl (C=O) groups excluding carboxylic acids is 1. The van der Waals surface area contributed by atoms with E-state index in [1.807, 2.05) is 4.90 Å². The Balaban J connectivity index is 1.80. The van der Waals surface area contributed by atoms with E-state index < -0.39 is 0 Å². The SMILES string of the molecule is CC(C(=O)N1CCNCC1)N(C)CC1CCCC1. The van der Waals surface area contributed by atoms with Gasteiger partial charge in [0.25, 0.3) is 0 Å². The Bertz CT molecular complexity index is 270. The number of rotatable bonds is 4. The fraction of sp³-hybridized carbons (Fsp3) is 0.929. The van der Waals surface area contributed by atoms with E-state index in [9.17, 15) is 4.79 Å². The average Bonchev–Trinajstić information content (AvgIpc) is 2.91. The summed E-state index contributed by atoms with van der Waals surface area (Å²) in [5.41, 5.74) is 0. The molecule has 1 unspecified atom stereocenters. The fourth-order valence-electron chi connectivity index (χ4n) is 3.10. The molecule has 4 nitrogen and oxygen atoms in total. The molecule has 1 aliphatic heterocycles. The van der Waals surface area contributed by atoms with Crippen molar-refractivity contribution >= 4 is 5.91 Å². The molecule has 1 atom stereocenters. The Kier molecular flexibility index (Phi) is 5.01. The van der Waals surface area contributed by atoms with Crippen molar-refractivity contribution in [2.24, 2.45) is 5.92 Å². The van der Waals surface area contributed by atoms with Crippen LogP contribution in [0.3, 0.4) is 0 Å². The maximum Gasteiger partial charge on any atom is 0.239 e. The van der Waals surface area contributed by atoms with Gasteiger partial charge in [0.1, 0.15) is 0 Å². The highest BCUT2D eigenvalue weighted by Gasteiger charge is 2.27. The lowest BCUT2D eigenvalue weighted by molar-refractivity contribution is -0.136. The minimum absolute atomic E-state index is 0.0312. The van der Waals surface area contributed by atoms with Gasteiger partial charge in [-0.05, 0) is 32.7 Å². The van der Waals surface area contributed by atoms with Crippen molar-refractivity contribution in [3.8, 4) is 0 Å². The molecule has 0 aromatic carbocycles. The second-order valence-electron chi connectivity index (χ2n) is 5.84. The minimum atomic E-state index is 0.0312. The molecule has 1 saturated carbocycles. The number of piperazine rings is 1. The van der Waals surface area contributed by atoms with Gasteiger partial charge in [-0.1, -0.05) is 12.8 Å². The quantitative estimate of drug-likeness (QED) is 0.809. The van der Waals surface area contributed by atoms with Crippen LogP contribution in [-0.4, -0.2) is 61.5 Å². The first-order valence-corrected chi connectivity index (χ1v) is 7.38. The molecule has 0 radical (unpaired) electrons. The highest BCUT2D eigenvalue weighted by Crippen LogP contribution is 2.25. The van der Waals surface area contributed by atoms with Gasteiger partial charge in [-0.2, -0.15) is 0 Å². The topological polar surface area (TPSA) is 35.6 Å². The lowest BCUT2D eigenvalue weighted by atomic mass is 10.1. The average molecular weight is 253 g/mol. The van der Waals surface area contributed by atoms with Crippen molar-refractivity contribution in [1.29, 1.82) is 0 Å². The van der Waals surface area contributed by atoms with E-state index in [1.165, 1.54) is 25.7 Å². The fourth-order valence-corrected chi connectivity index (χ4v) is 3.10. The third-order valence-electron chi connectivity index (χ3n) is 4.47. The van der Waals surface area contributed by atoms with E-state index in [-0.39, 0.29) is 6.04 Å². The van der Waals surface area contributed by atoms with Crippen molar-refractivity contribution in [3.63, 3.8) is 0 Å². The maximum absolute atomic E-state index is 12.4. The summed E-state index contributed by atoms with van der Waals surface area (Å²) in [5.74, 6) is 1.12. The normalized spacial score (nSPS) is 23.6. The largest absolute Gasteiger partial charge is 0.339 e. The molecule has 1 heterocycles. The predicted molar refractivity (Wildman–Crippen MR) is 73.5 cm³/mol. The van der Waals surface area contributed by atoms with Crippen LogP contribution in [0.4, 0.5) is 0 Å². The minimum Gasteiger partial charge on any atom is -0.339 e. The van der Waals surface area contributed by atoms with E-state index in [0.717, 1.165) is 38.6 Å². The molecule has 1 aliphatic carbocycles. The Labute approximate surface area is 111 Å². The summed E-state index contributed by atoms with van der Waals surface area (Å²) in [5, 5.41) is 3.29. The molecule has 1 saturated heterocycles. The van der Waals surface area contributed by atoms with E-state index in [4.69, 9.17) is 0 Å². The summed E-state index contributed by atoms with van der Waals surface area (Å²) in [7, 11) is 2.10. The molecular weight excluding hydrogens is 226 g/mol. The Morgan fingerprint density at radius 1 is 1.33 bits per heavy atom. The Morgan fingerprint density at radius 2 is 1.94 bits per heavy atom. The van der Waals surface area contributed by atoms with E-state index in [1.54, 1.807) is 0 Å². The number of carbonyl (C=O) groups is 1. The molecule has 2 aliphatic rings.